The van der Waals surface area contributed by atoms with E-state index >= 15 is 0 Å². The van der Waals surface area contributed by atoms with Crippen molar-refractivity contribution in [3.05, 3.63) is 118 Å². The SMILES string of the molecule is Cc1c(/C=C(\C#N)c2cccc3ccccc23)c2ccccc2n1Cc1ccccc1Cl. The molecule has 0 bridgehead atoms. The minimum absolute atomic E-state index is 0.658. The van der Waals surface area contributed by atoms with Gasteiger partial charge in [0.2, 0.25) is 0 Å². The zero-order valence-electron chi connectivity index (χ0n) is 17.7. The van der Waals surface area contributed by atoms with Crippen molar-refractivity contribution in [1.82, 2.24) is 4.57 Å². The van der Waals surface area contributed by atoms with E-state index in [0.717, 1.165) is 49.1 Å². The van der Waals surface area contributed by atoms with Gasteiger partial charge in [-0.15, -0.1) is 0 Å². The first-order valence-corrected chi connectivity index (χ1v) is 11.0. The number of rotatable bonds is 4. The van der Waals surface area contributed by atoms with Gasteiger partial charge in [0.1, 0.15) is 0 Å². The molecule has 154 valence electrons. The molecule has 0 aliphatic carbocycles. The van der Waals surface area contributed by atoms with Crippen LogP contribution in [0.4, 0.5) is 0 Å². The number of fused-ring (bicyclic) bond motifs is 2. The highest BCUT2D eigenvalue weighted by molar-refractivity contribution is 6.31. The maximum Gasteiger partial charge on any atom is 0.0998 e. The molecule has 0 saturated heterocycles. The summed E-state index contributed by atoms with van der Waals surface area (Å²) in [6.45, 7) is 2.79. The van der Waals surface area contributed by atoms with Crippen LogP contribution in [0.25, 0.3) is 33.3 Å². The maximum atomic E-state index is 10.1. The van der Waals surface area contributed by atoms with Gasteiger partial charge in [-0.1, -0.05) is 90.5 Å². The van der Waals surface area contributed by atoms with Gasteiger partial charge in [0.25, 0.3) is 0 Å². The molecular weight excluding hydrogens is 412 g/mol. The molecule has 4 aromatic carbocycles. The van der Waals surface area contributed by atoms with Crippen LogP contribution in [0.2, 0.25) is 5.02 Å². The molecule has 0 N–H and O–H groups in total. The minimum Gasteiger partial charge on any atom is -0.340 e. The maximum absolute atomic E-state index is 10.1. The van der Waals surface area contributed by atoms with Crippen molar-refractivity contribution in [2.45, 2.75) is 13.5 Å². The quantitative estimate of drug-likeness (QED) is 0.265. The molecule has 1 aromatic heterocycles. The van der Waals surface area contributed by atoms with Gasteiger partial charge in [0, 0.05) is 39.3 Å². The summed E-state index contributed by atoms with van der Waals surface area (Å²) in [6, 6.07) is 33.0. The summed E-state index contributed by atoms with van der Waals surface area (Å²) < 4.78 is 2.28. The van der Waals surface area contributed by atoms with Crippen LogP contribution in [0, 0.1) is 18.3 Å². The second kappa shape index (κ2) is 8.38. The first-order valence-electron chi connectivity index (χ1n) is 10.6. The fraction of sp³-hybridized carbons (Fsp3) is 0.0690. The average Bonchev–Trinajstić information content (AvgIpc) is 3.09. The lowest BCUT2D eigenvalue weighted by atomic mass is 9.97. The fourth-order valence-corrected chi connectivity index (χ4v) is 4.61. The highest BCUT2D eigenvalue weighted by Gasteiger charge is 2.15. The zero-order valence-corrected chi connectivity index (χ0v) is 18.5. The molecule has 2 nitrogen and oxygen atoms in total. The zero-order chi connectivity index (χ0) is 22.1. The van der Waals surface area contributed by atoms with E-state index < -0.39 is 0 Å². The van der Waals surface area contributed by atoms with Crippen LogP contribution in [-0.2, 0) is 6.54 Å². The van der Waals surface area contributed by atoms with Gasteiger partial charge in [-0.05, 0) is 41.5 Å². The van der Waals surface area contributed by atoms with Crippen molar-refractivity contribution in [1.29, 1.82) is 5.26 Å². The molecule has 0 amide bonds. The molecule has 3 heteroatoms. The molecule has 0 saturated carbocycles. The lowest BCUT2D eigenvalue weighted by molar-refractivity contribution is 0.804. The first-order chi connectivity index (χ1) is 15.7. The average molecular weight is 433 g/mol. The van der Waals surface area contributed by atoms with E-state index in [1.165, 1.54) is 0 Å². The van der Waals surface area contributed by atoms with Crippen LogP contribution >= 0.6 is 11.6 Å². The Morgan fingerprint density at radius 3 is 2.38 bits per heavy atom. The molecule has 1 heterocycles. The highest BCUT2D eigenvalue weighted by atomic mass is 35.5. The molecule has 0 spiro atoms. The predicted molar refractivity (Wildman–Crippen MR) is 135 cm³/mol. The second-order valence-electron chi connectivity index (χ2n) is 7.89. The molecular formula is C29H21ClN2. The number of benzene rings is 4. The number of hydrogen-bond acceptors (Lipinski definition) is 1. The van der Waals surface area contributed by atoms with Crippen molar-refractivity contribution in [2.75, 3.05) is 0 Å². The van der Waals surface area contributed by atoms with E-state index in [0.29, 0.717) is 12.1 Å². The number of aromatic nitrogens is 1. The summed E-state index contributed by atoms with van der Waals surface area (Å²) in [7, 11) is 0. The van der Waals surface area contributed by atoms with Gasteiger partial charge < -0.3 is 4.57 Å². The molecule has 0 atom stereocenters. The number of hydrogen-bond donors (Lipinski definition) is 0. The molecule has 0 aliphatic rings. The Kier molecular flexibility index (Phi) is 5.27. The Labute approximate surface area is 192 Å². The topological polar surface area (TPSA) is 28.7 Å². The summed E-state index contributed by atoms with van der Waals surface area (Å²) in [5, 5.41) is 14.2. The Morgan fingerprint density at radius 2 is 1.56 bits per heavy atom. The monoisotopic (exact) mass is 432 g/mol. The number of allylic oxidation sites excluding steroid dienone is 1. The van der Waals surface area contributed by atoms with Crippen LogP contribution in [0.1, 0.15) is 22.4 Å². The Morgan fingerprint density at radius 1 is 0.875 bits per heavy atom. The lowest BCUT2D eigenvalue weighted by Gasteiger charge is -2.10. The fourth-order valence-electron chi connectivity index (χ4n) is 4.42. The van der Waals surface area contributed by atoms with Crippen LogP contribution in [0.15, 0.2) is 91.0 Å². The first kappa shape index (κ1) is 20.1. The summed E-state index contributed by atoms with van der Waals surface area (Å²) in [6.07, 6.45) is 2.03. The molecule has 32 heavy (non-hydrogen) atoms. The van der Waals surface area contributed by atoms with Crippen molar-refractivity contribution in [3.8, 4) is 6.07 Å². The van der Waals surface area contributed by atoms with E-state index in [9.17, 15) is 5.26 Å². The van der Waals surface area contributed by atoms with Gasteiger partial charge >= 0.3 is 0 Å². The smallest absolute Gasteiger partial charge is 0.0998 e. The molecule has 0 unspecified atom stereocenters. The van der Waals surface area contributed by atoms with E-state index in [1.807, 2.05) is 60.7 Å². The Hall–Kier alpha value is -3.80. The van der Waals surface area contributed by atoms with Crippen molar-refractivity contribution in [3.63, 3.8) is 0 Å². The van der Waals surface area contributed by atoms with Crippen molar-refractivity contribution < 1.29 is 0 Å². The van der Waals surface area contributed by atoms with Gasteiger partial charge in [-0.25, -0.2) is 0 Å². The number of nitrogens with zero attached hydrogens (tertiary/aromatic N) is 2. The molecule has 0 aliphatic heterocycles. The van der Waals surface area contributed by atoms with E-state index in [1.54, 1.807) is 0 Å². The van der Waals surface area contributed by atoms with E-state index in [2.05, 4.69) is 54.0 Å². The van der Waals surface area contributed by atoms with Gasteiger partial charge in [0.15, 0.2) is 0 Å². The molecule has 0 fully saturated rings. The summed E-state index contributed by atoms with van der Waals surface area (Å²) in [4.78, 5) is 0. The molecule has 0 radical (unpaired) electrons. The van der Waals surface area contributed by atoms with Crippen molar-refractivity contribution in [2.24, 2.45) is 0 Å². The number of halogens is 1. The second-order valence-corrected chi connectivity index (χ2v) is 8.30. The lowest BCUT2D eigenvalue weighted by Crippen LogP contribution is -2.02. The third kappa shape index (κ3) is 3.47. The minimum atomic E-state index is 0.658. The largest absolute Gasteiger partial charge is 0.340 e. The van der Waals surface area contributed by atoms with Gasteiger partial charge in [-0.3, -0.25) is 0 Å². The predicted octanol–water partition coefficient (Wildman–Crippen LogP) is 7.87. The summed E-state index contributed by atoms with van der Waals surface area (Å²) in [5.41, 5.74) is 5.99. The van der Waals surface area contributed by atoms with Crippen LogP contribution in [-0.4, -0.2) is 4.57 Å². The van der Waals surface area contributed by atoms with Crippen LogP contribution in [0.5, 0.6) is 0 Å². The van der Waals surface area contributed by atoms with Gasteiger partial charge in [-0.2, -0.15) is 5.26 Å². The van der Waals surface area contributed by atoms with Crippen LogP contribution < -0.4 is 0 Å². The standard InChI is InChI=1S/C29H21ClN2/c1-20-27(17-23(18-31)25-14-8-11-21-9-2-4-12-24(21)25)26-13-5-7-16-29(26)32(20)19-22-10-3-6-15-28(22)30/h2-17H,19H2,1H3/b23-17+. The van der Waals surface area contributed by atoms with Gasteiger partial charge in [0.05, 0.1) is 11.6 Å². The molecule has 5 aromatic rings. The van der Waals surface area contributed by atoms with E-state index in [4.69, 9.17) is 11.6 Å². The summed E-state index contributed by atoms with van der Waals surface area (Å²) >= 11 is 6.46. The number of para-hydroxylation sites is 1. The normalized spacial score (nSPS) is 11.7. The van der Waals surface area contributed by atoms with Crippen molar-refractivity contribution >= 4 is 44.9 Å². The van der Waals surface area contributed by atoms with Crippen LogP contribution in [0.3, 0.4) is 0 Å². The Balaban J connectivity index is 1.71. The third-order valence-electron chi connectivity index (χ3n) is 6.05. The highest BCUT2D eigenvalue weighted by Crippen LogP contribution is 2.33. The number of nitriles is 1. The summed E-state index contributed by atoms with van der Waals surface area (Å²) in [5.74, 6) is 0. The van der Waals surface area contributed by atoms with E-state index in [-0.39, 0.29) is 0 Å². The third-order valence-corrected chi connectivity index (χ3v) is 6.42. The Bertz CT molecular complexity index is 1530. The molecule has 5 rings (SSSR count).